The molecule has 0 spiro atoms. The Balaban J connectivity index is 2.12. The number of nitrogens with zero attached hydrogens (tertiary/aromatic N) is 2. The van der Waals surface area contributed by atoms with Crippen molar-refractivity contribution in [3.05, 3.63) is 23.4 Å². The van der Waals surface area contributed by atoms with E-state index in [0.717, 1.165) is 24.4 Å². The summed E-state index contributed by atoms with van der Waals surface area (Å²) >= 11 is 0. The number of nitrogens with one attached hydrogen (secondary N) is 1. The van der Waals surface area contributed by atoms with Crippen molar-refractivity contribution in [1.29, 1.82) is 5.26 Å². The topological polar surface area (TPSA) is 74.7 Å². The standard InChI is InChI=1S/C13H18N4/c1-9-6-10(8-14)7-13(16-9)17-12-5-3-2-4-11(12)15/h6-7,11-12H,2-5,15H2,1H3,(H,16,17)/t11-,12-/m1/s1. The van der Waals surface area contributed by atoms with E-state index in [2.05, 4.69) is 16.4 Å². The van der Waals surface area contributed by atoms with Gasteiger partial charge in [0.25, 0.3) is 0 Å². The van der Waals surface area contributed by atoms with Gasteiger partial charge in [0.1, 0.15) is 5.82 Å². The quantitative estimate of drug-likeness (QED) is 0.814. The minimum Gasteiger partial charge on any atom is -0.366 e. The van der Waals surface area contributed by atoms with Crippen LogP contribution < -0.4 is 11.1 Å². The Labute approximate surface area is 102 Å². The molecule has 0 bridgehead atoms. The van der Waals surface area contributed by atoms with Gasteiger partial charge in [-0.2, -0.15) is 5.26 Å². The van der Waals surface area contributed by atoms with Crippen LogP contribution in [0.15, 0.2) is 12.1 Å². The highest BCUT2D eigenvalue weighted by Gasteiger charge is 2.21. The molecule has 0 aliphatic heterocycles. The van der Waals surface area contributed by atoms with Gasteiger partial charge in [0, 0.05) is 17.8 Å². The molecule has 4 heteroatoms. The van der Waals surface area contributed by atoms with Crippen molar-refractivity contribution in [2.24, 2.45) is 5.73 Å². The maximum atomic E-state index is 8.91. The van der Waals surface area contributed by atoms with E-state index in [1.807, 2.05) is 6.92 Å². The molecule has 1 fully saturated rings. The van der Waals surface area contributed by atoms with Gasteiger partial charge in [-0.1, -0.05) is 12.8 Å². The molecular formula is C13H18N4. The number of rotatable bonds is 2. The first kappa shape index (κ1) is 11.9. The Bertz CT molecular complexity index is 436. The number of nitriles is 1. The Kier molecular flexibility index (Phi) is 3.60. The van der Waals surface area contributed by atoms with Crippen LogP contribution in [-0.4, -0.2) is 17.1 Å². The highest BCUT2D eigenvalue weighted by molar-refractivity contribution is 5.45. The predicted octanol–water partition coefficient (Wildman–Crippen LogP) is 1.94. The fourth-order valence-electron chi connectivity index (χ4n) is 2.34. The van der Waals surface area contributed by atoms with Crippen molar-refractivity contribution in [3.8, 4) is 6.07 Å². The number of hydrogen-bond donors (Lipinski definition) is 2. The lowest BCUT2D eigenvalue weighted by molar-refractivity contribution is 0.403. The average Bonchev–Trinajstić information content (AvgIpc) is 2.31. The van der Waals surface area contributed by atoms with E-state index in [0.29, 0.717) is 5.56 Å². The Hall–Kier alpha value is -1.60. The number of hydrogen-bond acceptors (Lipinski definition) is 4. The summed E-state index contributed by atoms with van der Waals surface area (Å²) in [5, 5.41) is 12.3. The SMILES string of the molecule is Cc1cc(C#N)cc(N[C@@H]2CCCC[C@H]2N)n1. The molecule has 0 aromatic carbocycles. The molecule has 0 amide bonds. The van der Waals surface area contributed by atoms with Crippen LogP contribution in [0, 0.1) is 18.3 Å². The summed E-state index contributed by atoms with van der Waals surface area (Å²) in [6.45, 7) is 1.90. The summed E-state index contributed by atoms with van der Waals surface area (Å²) in [6.07, 6.45) is 4.57. The molecule has 2 rings (SSSR count). The van der Waals surface area contributed by atoms with Crippen molar-refractivity contribution in [3.63, 3.8) is 0 Å². The van der Waals surface area contributed by atoms with Gasteiger partial charge in [0.15, 0.2) is 0 Å². The number of pyridine rings is 1. The summed E-state index contributed by atoms with van der Waals surface area (Å²) in [5.41, 5.74) is 7.58. The molecule has 0 radical (unpaired) electrons. The van der Waals surface area contributed by atoms with Crippen LogP contribution in [0.1, 0.15) is 36.9 Å². The minimum absolute atomic E-state index is 0.191. The van der Waals surface area contributed by atoms with Crippen molar-refractivity contribution < 1.29 is 0 Å². The molecule has 0 unspecified atom stereocenters. The van der Waals surface area contributed by atoms with Crippen molar-refractivity contribution in [2.75, 3.05) is 5.32 Å². The van der Waals surface area contributed by atoms with Gasteiger partial charge in [-0.3, -0.25) is 0 Å². The maximum absolute atomic E-state index is 8.91. The van der Waals surface area contributed by atoms with E-state index in [9.17, 15) is 0 Å². The van der Waals surface area contributed by atoms with E-state index in [1.165, 1.54) is 12.8 Å². The molecule has 0 saturated heterocycles. The molecule has 1 aliphatic carbocycles. The van der Waals surface area contributed by atoms with Crippen molar-refractivity contribution in [1.82, 2.24) is 4.98 Å². The van der Waals surface area contributed by atoms with Gasteiger partial charge in [0.2, 0.25) is 0 Å². The van der Waals surface area contributed by atoms with Crippen LogP contribution in [0.3, 0.4) is 0 Å². The van der Waals surface area contributed by atoms with Crippen LogP contribution in [0.4, 0.5) is 5.82 Å². The second kappa shape index (κ2) is 5.15. The van der Waals surface area contributed by atoms with Crippen LogP contribution in [0.5, 0.6) is 0 Å². The molecule has 2 atom stereocenters. The second-order valence-electron chi connectivity index (χ2n) is 4.69. The Morgan fingerprint density at radius 3 is 2.88 bits per heavy atom. The normalized spacial score (nSPS) is 24.1. The van der Waals surface area contributed by atoms with E-state index in [-0.39, 0.29) is 12.1 Å². The molecule has 90 valence electrons. The van der Waals surface area contributed by atoms with Crippen LogP contribution >= 0.6 is 0 Å². The zero-order chi connectivity index (χ0) is 12.3. The summed E-state index contributed by atoms with van der Waals surface area (Å²) in [4.78, 5) is 4.39. The monoisotopic (exact) mass is 230 g/mol. The highest BCUT2D eigenvalue weighted by Crippen LogP contribution is 2.20. The van der Waals surface area contributed by atoms with E-state index < -0.39 is 0 Å². The molecule has 1 aliphatic rings. The number of aryl methyl sites for hydroxylation is 1. The lowest BCUT2D eigenvalue weighted by Gasteiger charge is -2.29. The molecule has 1 saturated carbocycles. The summed E-state index contributed by atoms with van der Waals surface area (Å²) in [6, 6.07) is 6.19. The van der Waals surface area contributed by atoms with E-state index in [1.54, 1.807) is 12.1 Å². The first-order chi connectivity index (χ1) is 8.19. The zero-order valence-electron chi connectivity index (χ0n) is 10.1. The van der Waals surface area contributed by atoms with Gasteiger partial charge in [-0.25, -0.2) is 4.98 Å². The molecule has 1 aromatic heterocycles. The lowest BCUT2D eigenvalue weighted by atomic mass is 9.91. The first-order valence-electron chi connectivity index (χ1n) is 6.10. The predicted molar refractivity (Wildman–Crippen MR) is 67.5 cm³/mol. The third-order valence-electron chi connectivity index (χ3n) is 3.24. The average molecular weight is 230 g/mol. The zero-order valence-corrected chi connectivity index (χ0v) is 10.1. The molecule has 4 nitrogen and oxygen atoms in total. The molecule has 17 heavy (non-hydrogen) atoms. The molecule has 1 heterocycles. The fraction of sp³-hybridized carbons (Fsp3) is 0.538. The molecule has 3 N–H and O–H groups in total. The van der Waals surface area contributed by atoms with Crippen molar-refractivity contribution in [2.45, 2.75) is 44.7 Å². The van der Waals surface area contributed by atoms with Gasteiger partial charge in [-0.05, 0) is 31.9 Å². The van der Waals surface area contributed by atoms with E-state index >= 15 is 0 Å². The van der Waals surface area contributed by atoms with Gasteiger partial charge in [-0.15, -0.1) is 0 Å². The maximum Gasteiger partial charge on any atom is 0.127 e. The number of nitrogens with two attached hydrogens (primary N) is 1. The fourth-order valence-corrected chi connectivity index (χ4v) is 2.34. The third-order valence-corrected chi connectivity index (χ3v) is 3.24. The molecule has 1 aromatic rings. The van der Waals surface area contributed by atoms with Gasteiger partial charge >= 0.3 is 0 Å². The van der Waals surface area contributed by atoms with Crippen LogP contribution in [-0.2, 0) is 0 Å². The summed E-state index contributed by atoms with van der Waals surface area (Å²) in [5.74, 6) is 0.768. The summed E-state index contributed by atoms with van der Waals surface area (Å²) < 4.78 is 0. The largest absolute Gasteiger partial charge is 0.366 e. The number of anilines is 1. The smallest absolute Gasteiger partial charge is 0.127 e. The first-order valence-corrected chi connectivity index (χ1v) is 6.10. The minimum atomic E-state index is 0.191. The number of aromatic nitrogens is 1. The third kappa shape index (κ3) is 2.95. The van der Waals surface area contributed by atoms with Crippen LogP contribution in [0.25, 0.3) is 0 Å². The van der Waals surface area contributed by atoms with Crippen LogP contribution in [0.2, 0.25) is 0 Å². The second-order valence-corrected chi connectivity index (χ2v) is 4.69. The Morgan fingerprint density at radius 1 is 1.41 bits per heavy atom. The Morgan fingerprint density at radius 2 is 2.18 bits per heavy atom. The lowest BCUT2D eigenvalue weighted by Crippen LogP contribution is -2.42. The van der Waals surface area contributed by atoms with Gasteiger partial charge in [0.05, 0.1) is 11.6 Å². The molecular weight excluding hydrogens is 212 g/mol. The van der Waals surface area contributed by atoms with E-state index in [4.69, 9.17) is 11.0 Å². The van der Waals surface area contributed by atoms with Crippen molar-refractivity contribution >= 4 is 5.82 Å². The summed E-state index contributed by atoms with van der Waals surface area (Å²) in [7, 11) is 0. The highest BCUT2D eigenvalue weighted by atomic mass is 15.0. The van der Waals surface area contributed by atoms with Gasteiger partial charge < -0.3 is 11.1 Å².